The van der Waals surface area contributed by atoms with Crippen LogP contribution in [0.1, 0.15) is 25.8 Å². The summed E-state index contributed by atoms with van der Waals surface area (Å²) in [6.07, 6.45) is 0.646. The zero-order valence-electron chi connectivity index (χ0n) is 18.4. The Labute approximate surface area is 202 Å². The molecule has 1 atom stereocenters. The number of halogens is 1. The molecule has 0 saturated heterocycles. The van der Waals surface area contributed by atoms with E-state index in [-0.39, 0.29) is 35.8 Å². The first-order chi connectivity index (χ1) is 14.4. The summed E-state index contributed by atoms with van der Waals surface area (Å²) in [5, 5.41) is 6.44. The van der Waals surface area contributed by atoms with Crippen molar-refractivity contribution in [3.8, 4) is 11.5 Å². The molecule has 0 saturated carbocycles. The highest BCUT2D eigenvalue weighted by Crippen LogP contribution is 2.27. The Morgan fingerprint density at radius 1 is 1.03 bits per heavy atom. The van der Waals surface area contributed by atoms with Crippen LogP contribution in [0.3, 0.4) is 0 Å². The summed E-state index contributed by atoms with van der Waals surface area (Å²) in [6, 6.07) is 13.9. The SMILES string of the molecule is CCNC(=NCc1ccc(OC)c(OC)c1)NC(CC)CS(=O)(=O)c1ccccc1.I. The summed E-state index contributed by atoms with van der Waals surface area (Å²) in [6.45, 7) is 5.00. The number of hydrogen-bond acceptors (Lipinski definition) is 5. The predicted molar refractivity (Wildman–Crippen MR) is 135 cm³/mol. The van der Waals surface area contributed by atoms with Crippen LogP contribution in [0.4, 0.5) is 0 Å². The molecule has 0 amide bonds. The van der Waals surface area contributed by atoms with Crippen molar-refractivity contribution in [2.24, 2.45) is 4.99 Å². The van der Waals surface area contributed by atoms with Crippen LogP contribution in [0, 0.1) is 0 Å². The number of nitrogens with one attached hydrogen (secondary N) is 2. The van der Waals surface area contributed by atoms with Crippen LogP contribution in [-0.2, 0) is 16.4 Å². The number of hydrogen-bond donors (Lipinski definition) is 2. The Hall–Kier alpha value is -2.01. The van der Waals surface area contributed by atoms with Gasteiger partial charge in [0.1, 0.15) is 0 Å². The van der Waals surface area contributed by atoms with Gasteiger partial charge in [0.25, 0.3) is 0 Å². The third-order valence-corrected chi connectivity index (χ3v) is 6.40. The largest absolute Gasteiger partial charge is 0.493 e. The van der Waals surface area contributed by atoms with Crippen LogP contribution >= 0.6 is 24.0 Å². The average molecular weight is 561 g/mol. The summed E-state index contributed by atoms with van der Waals surface area (Å²) in [5.74, 6) is 1.87. The number of ether oxygens (including phenoxy) is 2. The number of benzene rings is 2. The van der Waals surface area contributed by atoms with Crippen molar-refractivity contribution in [1.82, 2.24) is 10.6 Å². The lowest BCUT2D eigenvalue weighted by molar-refractivity contribution is 0.354. The fraction of sp³-hybridized carbons (Fsp3) is 0.409. The van der Waals surface area contributed by atoms with E-state index < -0.39 is 9.84 Å². The molecule has 1 unspecified atom stereocenters. The van der Waals surface area contributed by atoms with Gasteiger partial charge in [0.05, 0.1) is 31.4 Å². The maximum absolute atomic E-state index is 12.7. The van der Waals surface area contributed by atoms with E-state index in [2.05, 4.69) is 15.6 Å². The molecular weight excluding hydrogens is 529 g/mol. The first-order valence-electron chi connectivity index (χ1n) is 9.97. The minimum absolute atomic E-state index is 0. The smallest absolute Gasteiger partial charge is 0.191 e. The van der Waals surface area contributed by atoms with Gasteiger partial charge in [0, 0.05) is 12.6 Å². The normalized spacial score (nSPS) is 12.5. The Morgan fingerprint density at radius 3 is 2.29 bits per heavy atom. The van der Waals surface area contributed by atoms with E-state index in [1.54, 1.807) is 44.6 Å². The number of guanidine groups is 1. The summed E-state index contributed by atoms with van der Waals surface area (Å²) in [4.78, 5) is 4.94. The molecule has 0 aromatic heterocycles. The molecule has 0 radical (unpaired) electrons. The topological polar surface area (TPSA) is 89.0 Å². The first-order valence-corrected chi connectivity index (χ1v) is 11.6. The second-order valence-corrected chi connectivity index (χ2v) is 8.76. The maximum atomic E-state index is 12.7. The van der Waals surface area contributed by atoms with Crippen LogP contribution in [0.25, 0.3) is 0 Å². The molecule has 2 aromatic rings. The van der Waals surface area contributed by atoms with Crippen molar-refractivity contribution < 1.29 is 17.9 Å². The average Bonchev–Trinajstić information content (AvgIpc) is 2.77. The van der Waals surface area contributed by atoms with E-state index in [4.69, 9.17) is 9.47 Å². The van der Waals surface area contributed by atoms with E-state index in [1.165, 1.54) is 0 Å². The van der Waals surface area contributed by atoms with E-state index in [0.717, 1.165) is 5.56 Å². The van der Waals surface area contributed by atoms with Crippen LogP contribution in [0.2, 0.25) is 0 Å². The van der Waals surface area contributed by atoms with Crippen molar-refractivity contribution in [3.63, 3.8) is 0 Å². The molecule has 7 nitrogen and oxygen atoms in total. The molecule has 0 bridgehead atoms. The van der Waals surface area contributed by atoms with Gasteiger partial charge in [0.15, 0.2) is 27.3 Å². The fourth-order valence-electron chi connectivity index (χ4n) is 2.91. The molecule has 0 aliphatic heterocycles. The van der Waals surface area contributed by atoms with Crippen LogP contribution in [-0.4, -0.2) is 46.9 Å². The molecule has 0 fully saturated rings. The summed E-state index contributed by atoms with van der Waals surface area (Å²) < 4.78 is 36.1. The molecular formula is C22H32IN3O4S. The Balaban J connectivity index is 0.00000480. The molecule has 9 heteroatoms. The number of aliphatic imine (C=N–C) groups is 1. The first kappa shape index (κ1) is 27.0. The number of nitrogens with zero attached hydrogens (tertiary/aromatic N) is 1. The van der Waals surface area contributed by atoms with Crippen molar-refractivity contribution in [2.45, 2.75) is 37.8 Å². The van der Waals surface area contributed by atoms with Gasteiger partial charge in [-0.25, -0.2) is 13.4 Å². The highest BCUT2D eigenvalue weighted by atomic mass is 127. The number of sulfone groups is 1. The number of methoxy groups -OCH3 is 2. The molecule has 172 valence electrons. The summed E-state index contributed by atoms with van der Waals surface area (Å²) in [5.41, 5.74) is 0.954. The number of rotatable bonds is 10. The van der Waals surface area contributed by atoms with Gasteiger partial charge in [-0.1, -0.05) is 31.2 Å². The zero-order valence-corrected chi connectivity index (χ0v) is 21.6. The lowest BCUT2D eigenvalue weighted by atomic mass is 10.2. The van der Waals surface area contributed by atoms with Crippen molar-refractivity contribution in [1.29, 1.82) is 0 Å². The molecule has 31 heavy (non-hydrogen) atoms. The van der Waals surface area contributed by atoms with E-state index in [1.807, 2.05) is 32.0 Å². The molecule has 2 aromatic carbocycles. The Morgan fingerprint density at radius 2 is 1.71 bits per heavy atom. The molecule has 0 heterocycles. The van der Waals surface area contributed by atoms with Gasteiger partial charge >= 0.3 is 0 Å². The van der Waals surface area contributed by atoms with E-state index in [9.17, 15) is 8.42 Å². The molecule has 0 aliphatic carbocycles. The maximum Gasteiger partial charge on any atom is 0.191 e. The molecule has 0 spiro atoms. The van der Waals surface area contributed by atoms with Gasteiger partial charge < -0.3 is 20.1 Å². The van der Waals surface area contributed by atoms with Gasteiger partial charge in [-0.2, -0.15) is 0 Å². The van der Waals surface area contributed by atoms with E-state index in [0.29, 0.717) is 41.9 Å². The van der Waals surface area contributed by atoms with Crippen molar-refractivity contribution in [3.05, 3.63) is 54.1 Å². The third-order valence-electron chi connectivity index (χ3n) is 4.57. The molecule has 2 rings (SSSR count). The minimum Gasteiger partial charge on any atom is -0.493 e. The second-order valence-electron chi connectivity index (χ2n) is 6.73. The fourth-order valence-corrected chi connectivity index (χ4v) is 4.53. The van der Waals surface area contributed by atoms with Gasteiger partial charge in [-0.15, -0.1) is 24.0 Å². The van der Waals surface area contributed by atoms with E-state index >= 15 is 0 Å². The van der Waals surface area contributed by atoms with Crippen LogP contribution in [0.15, 0.2) is 58.4 Å². The minimum atomic E-state index is -3.39. The quantitative estimate of drug-likeness (QED) is 0.262. The monoisotopic (exact) mass is 561 g/mol. The Bertz CT molecular complexity index is 937. The third kappa shape index (κ3) is 8.21. The van der Waals surface area contributed by atoms with Crippen molar-refractivity contribution in [2.75, 3.05) is 26.5 Å². The summed E-state index contributed by atoms with van der Waals surface area (Å²) in [7, 11) is -0.204. The van der Waals surface area contributed by atoms with Gasteiger partial charge in [-0.05, 0) is 43.2 Å². The highest BCUT2D eigenvalue weighted by molar-refractivity contribution is 14.0. The van der Waals surface area contributed by atoms with Gasteiger partial charge in [0.2, 0.25) is 0 Å². The van der Waals surface area contributed by atoms with Crippen LogP contribution < -0.4 is 20.1 Å². The molecule has 2 N–H and O–H groups in total. The standard InChI is InChI=1S/C22H31N3O4S.HI/c1-5-18(16-30(26,27)19-10-8-7-9-11-19)25-22(23-6-2)24-15-17-12-13-20(28-3)21(14-17)29-4;/h7-14,18H,5-6,15-16H2,1-4H3,(H2,23,24,25);1H. The van der Waals surface area contributed by atoms with Crippen LogP contribution in [0.5, 0.6) is 11.5 Å². The highest BCUT2D eigenvalue weighted by Gasteiger charge is 2.21. The Kier molecular flexibility index (Phi) is 11.7. The summed E-state index contributed by atoms with van der Waals surface area (Å²) >= 11 is 0. The lowest BCUT2D eigenvalue weighted by Gasteiger charge is -2.20. The molecule has 0 aliphatic rings. The van der Waals surface area contributed by atoms with Crippen molar-refractivity contribution >= 4 is 39.8 Å². The second kappa shape index (κ2) is 13.4. The van der Waals surface area contributed by atoms with Gasteiger partial charge in [-0.3, -0.25) is 0 Å². The lowest BCUT2D eigenvalue weighted by Crippen LogP contribution is -2.46. The predicted octanol–water partition coefficient (Wildman–Crippen LogP) is 3.63. The zero-order chi connectivity index (χ0) is 22.0.